The van der Waals surface area contributed by atoms with E-state index in [1.165, 1.54) is 0 Å². The fourth-order valence-corrected chi connectivity index (χ4v) is 0.919. The molecule has 62 valence electrons. The molecule has 0 fully saturated rings. The van der Waals surface area contributed by atoms with Crippen LogP contribution in [-0.2, 0) is 0 Å². The van der Waals surface area contributed by atoms with Crippen LogP contribution in [0.15, 0.2) is 22.9 Å². The van der Waals surface area contributed by atoms with Gasteiger partial charge in [0.1, 0.15) is 4.60 Å². The molecule has 12 heavy (non-hydrogen) atoms. The molecular weight excluding hydrogens is 216 g/mol. The van der Waals surface area contributed by atoms with Crippen LogP contribution in [0.3, 0.4) is 0 Å². The van der Waals surface area contributed by atoms with E-state index in [1.54, 1.807) is 6.20 Å². The summed E-state index contributed by atoms with van der Waals surface area (Å²) >= 11 is 3.26. The maximum Gasteiger partial charge on any atom is 0.106 e. The van der Waals surface area contributed by atoms with Crippen molar-refractivity contribution in [1.29, 1.82) is 0 Å². The van der Waals surface area contributed by atoms with E-state index in [0.29, 0.717) is 6.54 Å². The lowest BCUT2D eigenvalue weighted by atomic mass is 10.3. The molecular formula is C9H9BrN2. The zero-order valence-electron chi connectivity index (χ0n) is 6.76. The zero-order chi connectivity index (χ0) is 8.81. The minimum Gasteiger partial charge on any atom is -0.309 e. The number of hydrogen-bond acceptors (Lipinski definition) is 2. The largest absolute Gasteiger partial charge is 0.309 e. The van der Waals surface area contributed by atoms with E-state index < -0.39 is 0 Å². The Bertz CT molecular complexity index is 295. The van der Waals surface area contributed by atoms with Crippen molar-refractivity contribution in [3.63, 3.8) is 0 Å². The van der Waals surface area contributed by atoms with Crippen LogP contribution in [0.4, 0.5) is 0 Å². The third-order valence-corrected chi connectivity index (χ3v) is 1.69. The number of nitrogens with one attached hydrogen (secondary N) is 1. The molecule has 1 aromatic rings. The van der Waals surface area contributed by atoms with Gasteiger partial charge in [-0.25, -0.2) is 4.98 Å². The number of hydrogen-bond donors (Lipinski definition) is 1. The highest BCUT2D eigenvalue weighted by molar-refractivity contribution is 9.10. The van der Waals surface area contributed by atoms with Gasteiger partial charge >= 0.3 is 0 Å². The van der Waals surface area contributed by atoms with Gasteiger partial charge in [0, 0.05) is 11.8 Å². The topological polar surface area (TPSA) is 24.9 Å². The first kappa shape index (κ1) is 9.24. The highest BCUT2D eigenvalue weighted by atomic mass is 79.9. The van der Waals surface area contributed by atoms with Crippen LogP contribution in [0.2, 0.25) is 0 Å². The summed E-state index contributed by atoms with van der Waals surface area (Å²) in [6, 6.07) is 3.81. The van der Waals surface area contributed by atoms with Crippen molar-refractivity contribution in [3.05, 3.63) is 28.5 Å². The molecule has 0 bridgehead atoms. The SMILES string of the molecule is CNCC#Cc1ccc(Br)nc1. The monoisotopic (exact) mass is 224 g/mol. The van der Waals surface area contributed by atoms with Crippen molar-refractivity contribution in [2.75, 3.05) is 13.6 Å². The molecule has 1 N–H and O–H groups in total. The molecule has 0 aliphatic heterocycles. The van der Waals surface area contributed by atoms with E-state index in [0.717, 1.165) is 10.2 Å². The van der Waals surface area contributed by atoms with Crippen LogP contribution >= 0.6 is 15.9 Å². The van der Waals surface area contributed by atoms with E-state index in [2.05, 4.69) is 38.1 Å². The van der Waals surface area contributed by atoms with Crippen LogP contribution in [0.25, 0.3) is 0 Å². The van der Waals surface area contributed by atoms with Gasteiger partial charge in [0.05, 0.1) is 6.54 Å². The van der Waals surface area contributed by atoms with E-state index in [9.17, 15) is 0 Å². The van der Waals surface area contributed by atoms with Crippen molar-refractivity contribution in [3.8, 4) is 11.8 Å². The molecule has 0 radical (unpaired) electrons. The normalized spacial score (nSPS) is 8.83. The summed E-state index contributed by atoms with van der Waals surface area (Å²) in [5.74, 6) is 5.93. The predicted molar refractivity (Wildman–Crippen MR) is 52.7 cm³/mol. The second-order valence-corrected chi connectivity index (χ2v) is 3.01. The van der Waals surface area contributed by atoms with Crippen LogP contribution in [-0.4, -0.2) is 18.6 Å². The summed E-state index contributed by atoms with van der Waals surface area (Å²) < 4.78 is 0.835. The third-order valence-electron chi connectivity index (χ3n) is 1.23. The number of aromatic nitrogens is 1. The van der Waals surface area contributed by atoms with Gasteiger partial charge in [0.2, 0.25) is 0 Å². The first-order valence-corrected chi connectivity index (χ1v) is 4.37. The Labute approximate surface area is 80.5 Å². The third kappa shape index (κ3) is 3.04. The number of halogens is 1. The van der Waals surface area contributed by atoms with E-state index in [1.807, 2.05) is 19.2 Å². The summed E-state index contributed by atoms with van der Waals surface area (Å²) in [5.41, 5.74) is 0.938. The summed E-state index contributed by atoms with van der Waals surface area (Å²) in [6.07, 6.45) is 1.74. The standard InChI is InChI=1S/C9H9BrN2/c1-11-6-2-3-8-4-5-9(10)12-7-8/h4-5,7,11H,6H2,1H3. The average Bonchev–Trinajstić information content (AvgIpc) is 2.09. The lowest BCUT2D eigenvalue weighted by molar-refractivity contribution is 0.938. The van der Waals surface area contributed by atoms with Crippen molar-refractivity contribution >= 4 is 15.9 Å². The number of pyridine rings is 1. The molecule has 1 aromatic heterocycles. The van der Waals surface area contributed by atoms with Crippen molar-refractivity contribution < 1.29 is 0 Å². The van der Waals surface area contributed by atoms with Gasteiger partial charge in [-0.2, -0.15) is 0 Å². The maximum atomic E-state index is 4.05. The molecule has 0 saturated heterocycles. The van der Waals surface area contributed by atoms with E-state index in [-0.39, 0.29) is 0 Å². The molecule has 0 aromatic carbocycles. The van der Waals surface area contributed by atoms with Crippen LogP contribution in [0.1, 0.15) is 5.56 Å². The zero-order valence-corrected chi connectivity index (χ0v) is 8.35. The molecule has 0 unspecified atom stereocenters. The molecule has 2 nitrogen and oxygen atoms in total. The quantitative estimate of drug-likeness (QED) is 0.577. The Morgan fingerprint density at radius 2 is 2.42 bits per heavy atom. The molecule has 0 saturated carbocycles. The second-order valence-electron chi connectivity index (χ2n) is 2.20. The Balaban J connectivity index is 2.66. The molecule has 0 amide bonds. The van der Waals surface area contributed by atoms with Gasteiger partial charge in [0.25, 0.3) is 0 Å². The highest BCUT2D eigenvalue weighted by Crippen LogP contribution is 2.04. The second kappa shape index (κ2) is 4.91. The number of rotatable bonds is 1. The van der Waals surface area contributed by atoms with Crippen LogP contribution in [0, 0.1) is 11.8 Å². The fraction of sp³-hybridized carbons (Fsp3) is 0.222. The van der Waals surface area contributed by atoms with Crippen LogP contribution < -0.4 is 5.32 Å². The van der Waals surface area contributed by atoms with Crippen molar-refractivity contribution in [2.24, 2.45) is 0 Å². The Kier molecular flexibility index (Phi) is 3.78. The van der Waals surface area contributed by atoms with Gasteiger partial charge in [0.15, 0.2) is 0 Å². The van der Waals surface area contributed by atoms with Crippen molar-refractivity contribution in [1.82, 2.24) is 10.3 Å². The molecule has 0 aliphatic carbocycles. The highest BCUT2D eigenvalue weighted by Gasteiger charge is 1.86. The summed E-state index contributed by atoms with van der Waals surface area (Å²) in [5, 5.41) is 2.95. The van der Waals surface area contributed by atoms with E-state index >= 15 is 0 Å². The van der Waals surface area contributed by atoms with Gasteiger partial charge in [-0.05, 0) is 35.1 Å². The summed E-state index contributed by atoms with van der Waals surface area (Å²) in [6.45, 7) is 0.704. The number of nitrogens with zero attached hydrogens (tertiary/aromatic N) is 1. The Morgan fingerprint density at radius 3 is 3.00 bits per heavy atom. The molecule has 1 rings (SSSR count). The van der Waals surface area contributed by atoms with Gasteiger partial charge in [-0.3, -0.25) is 0 Å². The molecule has 0 atom stereocenters. The average molecular weight is 225 g/mol. The van der Waals surface area contributed by atoms with Gasteiger partial charge in [-0.1, -0.05) is 11.8 Å². The molecule has 1 heterocycles. The lowest BCUT2D eigenvalue weighted by Crippen LogP contribution is -2.04. The first-order chi connectivity index (χ1) is 5.83. The Morgan fingerprint density at radius 1 is 1.58 bits per heavy atom. The lowest BCUT2D eigenvalue weighted by Gasteiger charge is -1.89. The maximum absolute atomic E-state index is 4.05. The minimum atomic E-state index is 0.704. The summed E-state index contributed by atoms with van der Waals surface area (Å²) in [4.78, 5) is 4.05. The molecule has 3 heteroatoms. The van der Waals surface area contributed by atoms with Gasteiger partial charge < -0.3 is 5.32 Å². The minimum absolute atomic E-state index is 0.704. The summed E-state index contributed by atoms with van der Waals surface area (Å²) in [7, 11) is 1.87. The fourth-order valence-electron chi connectivity index (χ4n) is 0.684. The Hall–Kier alpha value is -0.850. The first-order valence-electron chi connectivity index (χ1n) is 3.58. The van der Waals surface area contributed by atoms with E-state index in [4.69, 9.17) is 0 Å². The smallest absolute Gasteiger partial charge is 0.106 e. The van der Waals surface area contributed by atoms with Crippen molar-refractivity contribution in [2.45, 2.75) is 0 Å². The van der Waals surface area contributed by atoms with Gasteiger partial charge in [-0.15, -0.1) is 0 Å². The predicted octanol–water partition coefficient (Wildman–Crippen LogP) is 1.42. The molecule has 0 spiro atoms. The molecule has 0 aliphatic rings. The van der Waals surface area contributed by atoms with Crippen LogP contribution in [0.5, 0.6) is 0 Å².